The molecule has 0 bridgehead atoms. The molecule has 0 spiro atoms. The molecule has 0 aromatic rings. The maximum Gasteiger partial charge on any atom is 0 e. The summed E-state index contributed by atoms with van der Waals surface area (Å²) in [7, 11) is 0. The van der Waals surface area contributed by atoms with Gasteiger partial charge in [0.2, 0.25) is 0 Å². The Morgan fingerprint density at radius 1 is 1.20 bits per heavy atom. The first-order chi connectivity index (χ1) is 1.00. The van der Waals surface area contributed by atoms with Crippen LogP contribution in [0.4, 0.5) is 0 Å². The van der Waals surface area contributed by atoms with E-state index in [-0.39, 0.29) is 116 Å². The van der Waals surface area contributed by atoms with Crippen molar-refractivity contribution in [3.63, 3.8) is 0 Å². The summed E-state index contributed by atoms with van der Waals surface area (Å²) in [6.45, 7) is 0. The largest absolute Gasteiger partial charge is 0 e. The van der Waals surface area contributed by atoms with E-state index < -0.39 is 0 Å². The standard InChI is InChI=1S/Ba.O.Sr.2Ti.4H. The molecule has 0 amide bonds. The van der Waals surface area contributed by atoms with Crippen LogP contribution >= 0.6 is 0 Å². The molecule has 0 aliphatic carbocycles. The minimum absolute atomic E-state index is 0. The summed E-state index contributed by atoms with van der Waals surface area (Å²) in [4.78, 5) is 0. The van der Waals surface area contributed by atoms with Gasteiger partial charge in [-0.3, -0.25) is 0 Å². The Kier molecular flexibility index (Phi) is 109. The molecule has 1 nitrogen and oxygen atoms in total. The third-order valence-corrected chi connectivity index (χ3v) is 0. The van der Waals surface area contributed by atoms with Gasteiger partial charge in [-0.2, -0.15) is 0 Å². The molecule has 0 aromatic heterocycles. The van der Waals surface area contributed by atoms with E-state index >= 15 is 0 Å². The molecule has 0 N–H and O–H groups in total. The van der Waals surface area contributed by atoms with Gasteiger partial charge < -0.3 is 0 Å². The minimum Gasteiger partial charge on any atom is 0 e. The molecule has 0 heterocycles. The minimum atomic E-state index is 0. The third kappa shape index (κ3) is 17.8. The molecule has 0 unspecified atom stereocenters. The van der Waals surface area contributed by atoms with Gasteiger partial charge in [0.1, 0.15) is 0 Å². The molecule has 0 rings (SSSR count). The fraction of sp³-hybridized carbons (Fsp3) is 0. The molecular weight excluding hydrogens is 337 g/mol. The van der Waals surface area contributed by atoms with Crippen molar-refractivity contribution in [1.29, 1.82) is 0 Å². The molecule has 5 heteroatoms. The molecular formula is H4BaOSrTi2. The fourth-order valence-electron chi connectivity index (χ4n) is 0. The molecule has 0 radical (unpaired) electrons. The molecule has 0 saturated heterocycles. The van der Waals surface area contributed by atoms with Gasteiger partial charge in [0.25, 0.3) is 0 Å². The van der Waals surface area contributed by atoms with Crippen molar-refractivity contribution >= 4 is 94.4 Å². The zero-order valence-corrected chi connectivity index (χ0v) is 4.53. The second kappa shape index (κ2) is 24.0. The van der Waals surface area contributed by atoms with E-state index in [9.17, 15) is 0 Å². The molecule has 22 valence electrons. The average Bonchev–Trinajstić information content (AvgIpc) is 1.00. The van der Waals surface area contributed by atoms with Crippen molar-refractivity contribution in [2.75, 3.05) is 0 Å². The van der Waals surface area contributed by atoms with Crippen LogP contribution in [0, 0.1) is 0 Å². The van der Waals surface area contributed by atoms with Crippen molar-refractivity contribution < 1.29 is 45.4 Å². The smallest absolute Gasteiger partial charge is 0 e. The topological polar surface area (TPSA) is 17.1 Å². The van der Waals surface area contributed by atoms with E-state index in [1.54, 1.807) is 0 Å². The zero-order valence-electron chi connectivity index (χ0n) is 1.41. The number of rotatable bonds is 0. The Balaban J connectivity index is -0.00000000167. The van der Waals surface area contributed by atoms with Gasteiger partial charge in [-0.05, 0) is 0 Å². The summed E-state index contributed by atoms with van der Waals surface area (Å²) in [5.41, 5.74) is 0. The molecule has 0 aromatic carbocycles. The van der Waals surface area contributed by atoms with E-state index in [4.69, 9.17) is 3.32 Å². The van der Waals surface area contributed by atoms with Crippen LogP contribution in [0.15, 0.2) is 0 Å². The van der Waals surface area contributed by atoms with Crippen LogP contribution in [0.1, 0.15) is 0 Å². The fourth-order valence-corrected chi connectivity index (χ4v) is 0. The first-order valence-electron chi connectivity index (χ1n) is 0.204. The Morgan fingerprint density at radius 2 is 1.20 bits per heavy atom. The maximum absolute atomic E-state index is 8.25. The van der Waals surface area contributed by atoms with Crippen molar-refractivity contribution in [2.24, 2.45) is 0 Å². The molecule has 5 heavy (non-hydrogen) atoms. The predicted molar refractivity (Wildman–Crippen MR) is 17.8 cm³/mol. The van der Waals surface area contributed by atoms with Gasteiger partial charge in [0.15, 0.2) is 0 Å². The SMILES string of the molecule is [BaH2].[O]=[Ti].[SrH2].[Ti]. The monoisotopic (exact) mass is 342 g/mol. The maximum atomic E-state index is 8.25. The Hall–Kier alpha value is 4.28. The molecule has 0 aliphatic rings. The summed E-state index contributed by atoms with van der Waals surface area (Å²) < 4.78 is 8.25. The van der Waals surface area contributed by atoms with Crippen LogP contribution in [-0.2, 0) is 45.4 Å². The van der Waals surface area contributed by atoms with E-state index in [0.717, 1.165) is 20.4 Å². The summed E-state index contributed by atoms with van der Waals surface area (Å²) in [6.07, 6.45) is 0. The molecule has 0 atom stereocenters. The van der Waals surface area contributed by atoms with Gasteiger partial charge >= 0.3 is 118 Å². The molecule has 0 aliphatic heterocycles. The number of hydrogen-bond acceptors (Lipinski definition) is 1. The van der Waals surface area contributed by atoms with E-state index in [2.05, 4.69) is 0 Å². The Bertz CT molecular complexity index is 9.61. The number of hydrogen-bond donors (Lipinski definition) is 0. The third-order valence-electron chi connectivity index (χ3n) is 0. The van der Waals surface area contributed by atoms with Gasteiger partial charge in [0.05, 0.1) is 0 Å². The van der Waals surface area contributed by atoms with E-state index in [1.165, 1.54) is 0 Å². The van der Waals surface area contributed by atoms with Gasteiger partial charge in [-0.15, -0.1) is 0 Å². The van der Waals surface area contributed by atoms with Crippen LogP contribution < -0.4 is 0 Å². The molecule has 0 fully saturated rings. The summed E-state index contributed by atoms with van der Waals surface area (Å²) in [5.74, 6) is 0. The quantitative estimate of drug-likeness (QED) is 0.468. The van der Waals surface area contributed by atoms with Gasteiger partial charge in [-0.1, -0.05) is 0 Å². The first-order valence-corrected chi connectivity index (χ1v) is 0.842. The second-order valence-corrected chi connectivity index (χ2v) is 0. The zero-order chi connectivity index (χ0) is 2.00. The first kappa shape index (κ1) is 22.8. The van der Waals surface area contributed by atoms with Crippen LogP contribution in [-0.4, -0.2) is 94.4 Å². The summed E-state index contributed by atoms with van der Waals surface area (Å²) >= 11 is 0.750. The average molecular weight is 341 g/mol. The van der Waals surface area contributed by atoms with Crippen LogP contribution in [0.5, 0.6) is 0 Å². The van der Waals surface area contributed by atoms with Gasteiger partial charge in [0, 0.05) is 21.7 Å². The van der Waals surface area contributed by atoms with Crippen LogP contribution in [0.25, 0.3) is 0 Å². The normalized spacial score (nSPS) is 0.600. The Labute approximate surface area is 135 Å². The van der Waals surface area contributed by atoms with E-state index in [1.807, 2.05) is 0 Å². The van der Waals surface area contributed by atoms with Crippen molar-refractivity contribution in [1.82, 2.24) is 0 Å². The summed E-state index contributed by atoms with van der Waals surface area (Å²) in [5, 5.41) is 0. The Morgan fingerprint density at radius 3 is 1.20 bits per heavy atom. The van der Waals surface area contributed by atoms with Crippen LogP contribution in [0.2, 0.25) is 0 Å². The summed E-state index contributed by atoms with van der Waals surface area (Å²) in [6, 6.07) is 0. The van der Waals surface area contributed by atoms with Crippen molar-refractivity contribution in [3.8, 4) is 0 Å². The van der Waals surface area contributed by atoms with Crippen molar-refractivity contribution in [2.45, 2.75) is 0 Å². The van der Waals surface area contributed by atoms with E-state index in [0.29, 0.717) is 0 Å². The van der Waals surface area contributed by atoms with Crippen LogP contribution in [0.3, 0.4) is 0 Å². The predicted octanol–water partition coefficient (Wildman–Crippen LogP) is -1.96. The van der Waals surface area contributed by atoms with Crippen molar-refractivity contribution in [3.05, 3.63) is 0 Å². The second-order valence-electron chi connectivity index (χ2n) is 0. The molecule has 0 saturated carbocycles. The van der Waals surface area contributed by atoms with Gasteiger partial charge in [-0.25, -0.2) is 0 Å².